The minimum absolute atomic E-state index is 0.0509. The van der Waals surface area contributed by atoms with Crippen molar-refractivity contribution in [2.45, 2.75) is 63.9 Å². The summed E-state index contributed by atoms with van der Waals surface area (Å²) in [5, 5.41) is 18.6. The number of hydrogen-bond acceptors (Lipinski definition) is 12. The van der Waals surface area contributed by atoms with Gasteiger partial charge in [0.05, 0.1) is 19.0 Å². The Labute approximate surface area is 258 Å². The second-order valence-electron chi connectivity index (χ2n) is 10.8. The number of ether oxygens (including phenoxy) is 2. The number of anilines is 2. The molecule has 16 heteroatoms. The number of fused-ring (bicyclic) bond motifs is 2. The average molecular weight is 648 g/mol. The van der Waals surface area contributed by atoms with Gasteiger partial charge in [0.15, 0.2) is 28.9 Å². The molecule has 4 aromatic rings. The molecule has 0 saturated carbocycles. The Morgan fingerprint density at radius 2 is 1.98 bits per heavy atom. The van der Waals surface area contributed by atoms with Crippen molar-refractivity contribution in [3.63, 3.8) is 0 Å². The number of carbonyl (C=O) groups excluding carboxylic acids is 1. The van der Waals surface area contributed by atoms with Crippen LogP contribution in [0.3, 0.4) is 0 Å². The van der Waals surface area contributed by atoms with Crippen molar-refractivity contribution in [3.8, 4) is 5.75 Å². The number of nitrogen functional groups attached to an aromatic ring is 1. The monoisotopic (exact) mass is 647 g/mol. The van der Waals surface area contributed by atoms with Crippen molar-refractivity contribution >= 4 is 58.1 Å². The first-order valence-electron chi connectivity index (χ1n) is 13.9. The van der Waals surface area contributed by atoms with Gasteiger partial charge in [-0.1, -0.05) is 36.4 Å². The molecule has 13 nitrogen and oxygen atoms in total. The van der Waals surface area contributed by atoms with Crippen LogP contribution in [0.5, 0.6) is 5.75 Å². The number of aliphatic hydroxyl groups excluding tert-OH is 1. The van der Waals surface area contributed by atoms with Gasteiger partial charge in [-0.2, -0.15) is 9.97 Å². The van der Waals surface area contributed by atoms with E-state index in [1.807, 2.05) is 36.4 Å². The smallest absolute Gasteiger partial charge is 0.323 e. The second-order valence-corrected chi connectivity index (χ2v) is 14.0. The third-order valence-corrected chi connectivity index (χ3v) is 9.56. The molecular formula is C28H35FN7O6PS. The van der Waals surface area contributed by atoms with E-state index in [2.05, 4.69) is 25.4 Å². The van der Waals surface area contributed by atoms with E-state index < -0.39 is 42.8 Å². The molecule has 6 atom stereocenters. The van der Waals surface area contributed by atoms with Gasteiger partial charge in [0.2, 0.25) is 5.95 Å². The second kappa shape index (κ2) is 12.5. The Morgan fingerprint density at radius 3 is 2.70 bits per heavy atom. The lowest BCUT2D eigenvalue weighted by Crippen LogP contribution is -2.41. The SMILES string of the molecule is CNc1nc(N)nc2c1ncn2C1OC(CO[P@@](=S)(N[C@@H](C)C(=O)OC(C)C)Oc2cccc3ccccc23)[C@@H](O)[C@@]1(C)F. The normalized spacial score (nSPS) is 24.0. The van der Waals surface area contributed by atoms with E-state index >= 15 is 4.39 Å². The van der Waals surface area contributed by atoms with Crippen molar-refractivity contribution in [1.29, 1.82) is 0 Å². The van der Waals surface area contributed by atoms with Crippen molar-refractivity contribution in [2.24, 2.45) is 0 Å². The molecular weight excluding hydrogens is 612 g/mol. The highest BCUT2D eigenvalue weighted by atomic mass is 32.5. The summed E-state index contributed by atoms with van der Waals surface area (Å²) in [4.78, 5) is 25.3. The molecule has 0 bridgehead atoms. The highest BCUT2D eigenvalue weighted by molar-refractivity contribution is 8.09. The van der Waals surface area contributed by atoms with Crippen molar-refractivity contribution in [2.75, 3.05) is 24.7 Å². The number of imidazole rings is 1. The van der Waals surface area contributed by atoms with Gasteiger partial charge in [-0.25, -0.2) is 14.5 Å². The Bertz CT molecular complexity index is 1720. The summed E-state index contributed by atoms with van der Waals surface area (Å²) in [6.45, 7) is 2.33. The quantitative estimate of drug-likeness (QED) is 0.137. The molecule has 2 aromatic carbocycles. The van der Waals surface area contributed by atoms with E-state index in [1.54, 1.807) is 33.9 Å². The Balaban J connectivity index is 1.42. The lowest BCUT2D eigenvalue weighted by Gasteiger charge is -2.28. The van der Waals surface area contributed by atoms with Gasteiger partial charge in [-0.3, -0.25) is 9.36 Å². The molecule has 1 fully saturated rings. The number of aliphatic hydroxyl groups is 1. The Morgan fingerprint density at radius 1 is 1.25 bits per heavy atom. The molecule has 0 aliphatic carbocycles. The molecule has 0 radical (unpaired) electrons. The number of alkyl halides is 1. The maximum Gasteiger partial charge on any atom is 0.323 e. The van der Waals surface area contributed by atoms with E-state index in [0.29, 0.717) is 17.1 Å². The van der Waals surface area contributed by atoms with Crippen LogP contribution in [0.2, 0.25) is 0 Å². The lowest BCUT2D eigenvalue weighted by molar-refractivity contribution is -0.149. The van der Waals surface area contributed by atoms with Crippen LogP contribution in [0.1, 0.15) is 33.9 Å². The third-order valence-electron chi connectivity index (χ3n) is 7.08. The molecule has 5 N–H and O–H groups in total. The summed E-state index contributed by atoms with van der Waals surface area (Å²) < 4.78 is 41.3. The molecule has 2 unspecified atom stereocenters. The number of esters is 1. The molecule has 5 rings (SSSR count). The zero-order valence-corrected chi connectivity index (χ0v) is 26.5. The fraction of sp³-hybridized carbons (Fsp3) is 0.429. The van der Waals surface area contributed by atoms with Crippen LogP contribution in [0.15, 0.2) is 48.8 Å². The van der Waals surface area contributed by atoms with Crippen molar-refractivity contribution in [3.05, 3.63) is 48.8 Å². The van der Waals surface area contributed by atoms with E-state index in [4.69, 9.17) is 36.1 Å². The summed E-state index contributed by atoms with van der Waals surface area (Å²) in [6, 6.07) is 12.1. The molecule has 1 aliphatic rings. The molecule has 0 amide bonds. The summed E-state index contributed by atoms with van der Waals surface area (Å²) in [5.41, 5.74) is 4.12. The fourth-order valence-electron chi connectivity index (χ4n) is 4.92. The Kier molecular flexibility index (Phi) is 9.08. The average Bonchev–Trinajstić information content (AvgIpc) is 3.48. The number of rotatable bonds is 11. The fourth-order valence-corrected chi connectivity index (χ4v) is 7.34. The minimum atomic E-state index is -3.55. The molecule has 1 saturated heterocycles. The number of benzene rings is 2. The van der Waals surface area contributed by atoms with Gasteiger partial charge in [-0.15, -0.1) is 0 Å². The number of hydrogen-bond donors (Lipinski definition) is 4. The molecule has 1 aliphatic heterocycles. The van der Waals surface area contributed by atoms with Crippen LogP contribution in [0.25, 0.3) is 21.9 Å². The zero-order valence-electron chi connectivity index (χ0n) is 24.8. The van der Waals surface area contributed by atoms with E-state index in [9.17, 15) is 9.90 Å². The van der Waals surface area contributed by atoms with Gasteiger partial charge >= 0.3 is 12.6 Å². The number of carbonyl (C=O) groups is 1. The van der Waals surface area contributed by atoms with Gasteiger partial charge < -0.3 is 34.7 Å². The van der Waals surface area contributed by atoms with E-state index in [-0.39, 0.29) is 24.3 Å². The predicted octanol–water partition coefficient (Wildman–Crippen LogP) is 3.84. The van der Waals surface area contributed by atoms with Gasteiger partial charge in [0.25, 0.3) is 0 Å². The van der Waals surface area contributed by atoms with Crippen LogP contribution in [-0.4, -0.2) is 74.3 Å². The van der Waals surface area contributed by atoms with Gasteiger partial charge in [0.1, 0.15) is 24.0 Å². The number of nitrogens with zero attached hydrogens (tertiary/aromatic N) is 4. The third kappa shape index (κ3) is 6.34. The maximum atomic E-state index is 16.2. The number of halogens is 1. The molecule has 2 aromatic heterocycles. The minimum Gasteiger partial charge on any atom is -0.462 e. The van der Waals surface area contributed by atoms with Crippen LogP contribution in [0, 0.1) is 0 Å². The maximum absolute atomic E-state index is 16.2. The summed E-state index contributed by atoms with van der Waals surface area (Å²) in [7, 11) is 1.64. The summed E-state index contributed by atoms with van der Waals surface area (Å²) >= 11 is 5.86. The van der Waals surface area contributed by atoms with Crippen molar-refractivity contribution in [1.82, 2.24) is 24.6 Å². The van der Waals surface area contributed by atoms with Crippen LogP contribution >= 0.6 is 6.64 Å². The number of nitrogens with one attached hydrogen (secondary N) is 2. The molecule has 3 heterocycles. The highest BCUT2D eigenvalue weighted by Crippen LogP contribution is 2.49. The van der Waals surface area contributed by atoms with Gasteiger partial charge in [-0.05, 0) is 51.0 Å². The van der Waals surface area contributed by atoms with Crippen LogP contribution in [-0.2, 0) is 30.6 Å². The predicted molar refractivity (Wildman–Crippen MR) is 167 cm³/mol. The lowest BCUT2D eigenvalue weighted by atomic mass is 9.98. The molecule has 236 valence electrons. The van der Waals surface area contributed by atoms with Gasteiger partial charge in [0, 0.05) is 12.4 Å². The standard InChI is InChI=1S/C28H35FN7O6PS/c1-15(2)40-25(38)16(3)35-43(44,42-19-12-8-10-17-9-6-7-11-18(17)19)39-13-20-22(37)28(4,29)26(41-20)36-14-32-21-23(31-5)33-27(30)34-24(21)36/h6-12,14-16,20,22,26,37H,13H2,1-5H3,(H,35,44)(H3,30,31,33,34)/t16-,20?,22+,26?,28+,43-/m0/s1. The first kappa shape index (κ1) is 31.9. The van der Waals surface area contributed by atoms with Crippen LogP contribution in [0.4, 0.5) is 16.2 Å². The van der Waals surface area contributed by atoms with E-state index in [0.717, 1.165) is 10.8 Å². The largest absolute Gasteiger partial charge is 0.462 e. The first-order chi connectivity index (χ1) is 20.8. The number of nitrogens with two attached hydrogens (primary N) is 1. The summed E-state index contributed by atoms with van der Waals surface area (Å²) in [5.74, 6) is 0.173. The van der Waals surface area contributed by atoms with E-state index in [1.165, 1.54) is 17.8 Å². The highest BCUT2D eigenvalue weighted by Gasteiger charge is 2.56. The van der Waals surface area contributed by atoms with Crippen molar-refractivity contribution < 1.29 is 32.8 Å². The zero-order chi connectivity index (χ0) is 31.8. The van der Waals surface area contributed by atoms with Crippen LogP contribution < -0.4 is 20.7 Å². The molecule has 44 heavy (non-hydrogen) atoms. The Hall–Kier alpha value is -3.46. The summed E-state index contributed by atoms with van der Waals surface area (Å²) in [6.07, 6.45) is -3.18. The topological polar surface area (TPSA) is 168 Å². The first-order valence-corrected chi connectivity index (χ1v) is 16.6. The molecule has 0 spiro atoms. The number of aromatic nitrogens is 4.